The smallest absolute Gasteiger partial charge is 0.264 e. The molecule has 220 valence electrons. The number of hydrogen-bond donors (Lipinski definition) is 1. The molecule has 0 saturated carbocycles. The van der Waals surface area contributed by atoms with E-state index in [4.69, 9.17) is 9.47 Å². The first kappa shape index (κ1) is 31.5. The summed E-state index contributed by atoms with van der Waals surface area (Å²) in [6.45, 7) is 5.74. The van der Waals surface area contributed by atoms with E-state index in [1.165, 1.54) is 37.3 Å². The molecule has 0 aromatic heterocycles. The number of anilines is 1. The lowest BCUT2D eigenvalue weighted by Crippen LogP contribution is -2.52. The number of sulfonamides is 1. The van der Waals surface area contributed by atoms with Crippen LogP contribution < -0.4 is 19.1 Å². The Morgan fingerprint density at radius 1 is 0.878 bits per heavy atom. The second kappa shape index (κ2) is 14.5. The zero-order chi connectivity index (χ0) is 30.0. The summed E-state index contributed by atoms with van der Waals surface area (Å²) in [5.41, 5.74) is 1.13. The monoisotopic (exact) mass is 581 g/mol. The molecule has 10 heteroatoms. The molecule has 2 amide bonds. The number of carbonyl (C=O) groups excluding carboxylic acids is 2. The van der Waals surface area contributed by atoms with Gasteiger partial charge in [-0.05, 0) is 49.1 Å². The summed E-state index contributed by atoms with van der Waals surface area (Å²) in [7, 11) is -1.33. The van der Waals surface area contributed by atoms with Crippen molar-refractivity contribution in [3.8, 4) is 11.5 Å². The Morgan fingerprint density at radius 2 is 1.51 bits per heavy atom. The quantitative estimate of drug-likeness (QED) is 0.307. The van der Waals surface area contributed by atoms with Gasteiger partial charge in [0.25, 0.3) is 10.0 Å². The Bertz CT molecular complexity index is 1400. The van der Waals surface area contributed by atoms with Gasteiger partial charge in [-0.2, -0.15) is 0 Å². The van der Waals surface area contributed by atoms with Crippen LogP contribution in [0.25, 0.3) is 0 Å². The van der Waals surface area contributed by atoms with Crippen molar-refractivity contribution in [2.24, 2.45) is 5.92 Å². The van der Waals surface area contributed by atoms with Gasteiger partial charge in [0.05, 0.1) is 24.8 Å². The van der Waals surface area contributed by atoms with Gasteiger partial charge in [-0.1, -0.05) is 62.4 Å². The third kappa shape index (κ3) is 8.23. The van der Waals surface area contributed by atoms with Gasteiger partial charge in [-0.3, -0.25) is 13.9 Å². The highest BCUT2D eigenvalue weighted by molar-refractivity contribution is 7.92. The lowest BCUT2D eigenvalue weighted by Gasteiger charge is -2.32. The third-order valence-corrected chi connectivity index (χ3v) is 8.37. The van der Waals surface area contributed by atoms with Gasteiger partial charge in [0.1, 0.15) is 24.1 Å². The fraction of sp³-hybridized carbons (Fsp3) is 0.355. The molecular weight excluding hydrogens is 542 g/mol. The maximum Gasteiger partial charge on any atom is 0.264 e. The predicted octanol–water partition coefficient (Wildman–Crippen LogP) is 4.13. The molecule has 41 heavy (non-hydrogen) atoms. The summed E-state index contributed by atoms with van der Waals surface area (Å²) in [6, 6.07) is 21.4. The van der Waals surface area contributed by atoms with Crippen molar-refractivity contribution in [2.75, 3.05) is 38.2 Å². The van der Waals surface area contributed by atoms with E-state index in [0.29, 0.717) is 18.7 Å². The van der Waals surface area contributed by atoms with Gasteiger partial charge in [0.2, 0.25) is 11.8 Å². The fourth-order valence-corrected chi connectivity index (χ4v) is 5.68. The van der Waals surface area contributed by atoms with E-state index in [1.54, 1.807) is 37.3 Å². The summed E-state index contributed by atoms with van der Waals surface area (Å²) in [5, 5.41) is 2.89. The summed E-state index contributed by atoms with van der Waals surface area (Å²) in [4.78, 5) is 28.6. The van der Waals surface area contributed by atoms with Crippen molar-refractivity contribution in [3.63, 3.8) is 0 Å². The highest BCUT2D eigenvalue weighted by atomic mass is 32.2. The zero-order valence-corrected chi connectivity index (χ0v) is 25.1. The van der Waals surface area contributed by atoms with Crippen molar-refractivity contribution in [1.82, 2.24) is 10.2 Å². The average Bonchev–Trinajstić information content (AvgIpc) is 2.99. The summed E-state index contributed by atoms with van der Waals surface area (Å²) < 4.78 is 39.9. The highest BCUT2D eigenvalue weighted by Gasteiger charge is 2.33. The molecular formula is C31H39N3O6S. The lowest BCUT2D eigenvalue weighted by molar-refractivity contribution is -0.138. The summed E-state index contributed by atoms with van der Waals surface area (Å²) in [5.74, 6) is 0.0289. The maximum atomic E-state index is 14.0. The molecule has 0 radical (unpaired) electrons. The van der Waals surface area contributed by atoms with Crippen molar-refractivity contribution in [1.29, 1.82) is 0 Å². The van der Waals surface area contributed by atoms with Gasteiger partial charge in [0.15, 0.2) is 0 Å². The van der Waals surface area contributed by atoms with Crippen LogP contribution in [0.2, 0.25) is 0 Å². The number of rotatable bonds is 14. The van der Waals surface area contributed by atoms with Crippen molar-refractivity contribution in [3.05, 3.63) is 84.4 Å². The minimum Gasteiger partial charge on any atom is -0.497 e. The Hall–Kier alpha value is -4.05. The molecule has 0 fully saturated rings. The van der Waals surface area contributed by atoms with E-state index in [9.17, 15) is 18.0 Å². The highest BCUT2D eigenvalue weighted by Crippen LogP contribution is 2.35. The number of ether oxygens (including phenoxy) is 2. The number of hydrogen-bond acceptors (Lipinski definition) is 6. The second-order valence-electron chi connectivity index (χ2n) is 10.0. The van der Waals surface area contributed by atoms with E-state index in [2.05, 4.69) is 5.32 Å². The molecule has 1 atom stereocenters. The first-order valence-corrected chi connectivity index (χ1v) is 14.9. The standard InChI is InChI=1S/C31H39N3O6S/c1-23(2)21-32-31(36)24(3)33(19-18-25-12-8-6-9-13-25)30(35)22-34(41(37,38)27-14-10-7-11-15-27)28-20-26(39-4)16-17-29(28)40-5/h6-17,20,23-24H,18-19,21-22H2,1-5H3,(H,32,36)/t24-/m1/s1. The molecule has 0 aliphatic carbocycles. The largest absolute Gasteiger partial charge is 0.497 e. The van der Waals surface area contributed by atoms with Crippen LogP contribution in [0.15, 0.2) is 83.8 Å². The van der Waals surface area contributed by atoms with Crippen LogP contribution in [-0.2, 0) is 26.0 Å². The molecule has 3 aromatic carbocycles. The molecule has 0 saturated heterocycles. The Labute approximate surface area is 243 Å². The summed E-state index contributed by atoms with van der Waals surface area (Å²) in [6.07, 6.45) is 0.488. The summed E-state index contributed by atoms with van der Waals surface area (Å²) >= 11 is 0. The SMILES string of the molecule is COc1ccc(OC)c(N(CC(=O)N(CCc2ccccc2)[C@H](C)C(=O)NCC(C)C)S(=O)(=O)c2ccccc2)c1. The first-order chi connectivity index (χ1) is 19.6. The van der Waals surface area contributed by atoms with Gasteiger partial charge >= 0.3 is 0 Å². The van der Waals surface area contributed by atoms with E-state index in [0.717, 1.165) is 9.87 Å². The lowest BCUT2D eigenvalue weighted by atomic mass is 10.1. The minimum atomic E-state index is -4.23. The number of nitrogens with zero attached hydrogens (tertiary/aromatic N) is 2. The van der Waals surface area contributed by atoms with Crippen LogP contribution in [-0.4, -0.2) is 65.0 Å². The molecule has 0 aliphatic heterocycles. The molecule has 0 aliphatic rings. The number of carbonyl (C=O) groups is 2. The molecule has 0 bridgehead atoms. The van der Waals surface area contributed by atoms with Gasteiger partial charge in [-0.25, -0.2) is 8.42 Å². The Kier molecular flexibility index (Phi) is 11.2. The normalized spacial score (nSPS) is 12.0. The molecule has 1 N–H and O–H groups in total. The van der Waals surface area contributed by atoms with Crippen LogP contribution in [0.4, 0.5) is 5.69 Å². The number of amides is 2. The molecule has 3 rings (SSSR count). The topological polar surface area (TPSA) is 105 Å². The third-order valence-electron chi connectivity index (χ3n) is 6.60. The fourth-order valence-electron chi connectivity index (χ4n) is 4.25. The van der Waals surface area contributed by atoms with E-state index in [1.807, 2.05) is 44.2 Å². The van der Waals surface area contributed by atoms with E-state index >= 15 is 0 Å². The molecule has 9 nitrogen and oxygen atoms in total. The van der Waals surface area contributed by atoms with Crippen LogP contribution in [0.3, 0.4) is 0 Å². The molecule has 3 aromatic rings. The van der Waals surface area contributed by atoms with Crippen LogP contribution >= 0.6 is 0 Å². The number of nitrogens with one attached hydrogen (secondary N) is 1. The van der Waals surface area contributed by atoms with Crippen molar-refractivity contribution >= 4 is 27.5 Å². The van der Waals surface area contributed by atoms with Crippen molar-refractivity contribution in [2.45, 2.75) is 38.1 Å². The minimum absolute atomic E-state index is 0.0104. The average molecular weight is 582 g/mol. The first-order valence-electron chi connectivity index (χ1n) is 13.5. The number of methoxy groups -OCH3 is 2. The second-order valence-corrected chi connectivity index (χ2v) is 11.9. The van der Waals surface area contributed by atoms with Crippen LogP contribution in [0.1, 0.15) is 26.3 Å². The molecule has 0 spiro atoms. The Balaban J connectivity index is 2.04. The van der Waals surface area contributed by atoms with Crippen LogP contribution in [0, 0.1) is 5.92 Å². The van der Waals surface area contributed by atoms with Crippen molar-refractivity contribution < 1.29 is 27.5 Å². The van der Waals surface area contributed by atoms with Gasteiger partial charge in [0, 0.05) is 19.2 Å². The van der Waals surface area contributed by atoms with Crippen LogP contribution in [0.5, 0.6) is 11.5 Å². The van der Waals surface area contributed by atoms with Gasteiger partial charge < -0.3 is 19.7 Å². The maximum absolute atomic E-state index is 14.0. The van der Waals surface area contributed by atoms with E-state index < -0.39 is 28.5 Å². The molecule has 0 heterocycles. The van der Waals surface area contributed by atoms with Gasteiger partial charge in [-0.15, -0.1) is 0 Å². The van der Waals surface area contributed by atoms with E-state index in [-0.39, 0.29) is 34.7 Å². The Morgan fingerprint density at radius 3 is 2.10 bits per heavy atom. The predicted molar refractivity (Wildman–Crippen MR) is 160 cm³/mol. The number of benzene rings is 3. The molecule has 0 unspecified atom stereocenters. The zero-order valence-electron chi connectivity index (χ0n) is 24.2.